The number of rotatable bonds is 7. The van der Waals surface area contributed by atoms with Crippen LogP contribution in [0.1, 0.15) is 21.5 Å². The van der Waals surface area contributed by atoms with Crippen molar-refractivity contribution in [2.75, 3.05) is 33.4 Å². The lowest BCUT2D eigenvalue weighted by Gasteiger charge is -2.09. The molecule has 0 unspecified atom stereocenters. The predicted octanol–water partition coefficient (Wildman–Crippen LogP) is 1.69. The summed E-state index contributed by atoms with van der Waals surface area (Å²) in [6, 6.07) is 5.85. The van der Waals surface area contributed by atoms with Gasteiger partial charge in [0, 0.05) is 32.3 Å². The number of benzene rings is 1. The van der Waals surface area contributed by atoms with Crippen LogP contribution in [-0.2, 0) is 4.74 Å². The maximum absolute atomic E-state index is 11.9. The summed E-state index contributed by atoms with van der Waals surface area (Å²) in [6.07, 6.45) is 0. The van der Waals surface area contributed by atoms with Crippen molar-refractivity contribution in [2.45, 2.75) is 13.8 Å². The van der Waals surface area contributed by atoms with E-state index in [0.29, 0.717) is 13.2 Å². The highest BCUT2D eigenvalue weighted by Crippen LogP contribution is 2.09. The van der Waals surface area contributed by atoms with E-state index >= 15 is 0 Å². The minimum atomic E-state index is -0.0129. The van der Waals surface area contributed by atoms with Crippen LogP contribution in [0, 0.1) is 13.8 Å². The van der Waals surface area contributed by atoms with Gasteiger partial charge in [-0.3, -0.25) is 4.79 Å². The Labute approximate surface area is 121 Å². The van der Waals surface area contributed by atoms with E-state index < -0.39 is 0 Å². The van der Waals surface area contributed by atoms with Gasteiger partial charge in [-0.05, 0) is 25.5 Å². The first-order valence-electron chi connectivity index (χ1n) is 6.20. The van der Waals surface area contributed by atoms with Crippen LogP contribution in [0.2, 0.25) is 0 Å². The van der Waals surface area contributed by atoms with Crippen molar-refractivity contribution in [1.29, 1.82) is 0 Å². The number of ether oxygens (including phenoxy) is 1. The molecule has 1 aromatic rings. The van der Waals surface area contributed by atoms with Gasteiger partial charge in [-0.2, -0.15) is 0 Å². The van der Waals surface area contributed by atoms with Crippen molar-refractivity contribution in [1.82, 2.24) is 10.6 Å². The lowest BCUT2D eigenvalue weighted by atomic mass is 10.1. The van der Waals surface area contributed by atoms with Gasteiger partial charge >= 0.3 is 0 Å². The van der Waals surface area contributed by atoms with Crippen molar-refractivity contribution in [3.8, 4) is 0 Å². The SMILES string of the molecule is COCCNCCNC(=O)c1ccc(C)cc1C.Cl. The highest BCUT2D eigenvalue weighted by Gasteiger charge is 2.07. The van der Waals surface area contributed by atoms with Gasteiger partial charge < -0.3 is 15.4 Å². The first-order valence-corrected chi connectivity index (χ1v) is 6.20. The molecule has 2 N–H and O–H groups in total. The van der Waals surface area contributed by atoms with E-state index in [0.717, 1.165) is 24.2 Å². The van der Waals surface area contributed by atoms with E-state index in [1.807, 2.05) is 32.0 Å². The molecule has 0 saturated carbocycles. The maximum atomic E-state index is 11.9. The Kier molecular flexibility index (Phi) is 9.21. The van der Waals surface area contributed by atoms with E-state index in [1.165, 1.54) is 5.56 Å². The van der Waals surface area contributed by atoms with E-state index in [4.69, 9.17) is 4.74 Å². The molecule has 1 amide bonds. The van der Waals surface area contributed by atoms with Crippen LogP contribution in [-0.4, -0.2) is 39.3 Å². The summed E-state index contributed by atoms with van der Waals surface area (Å²) in [5.41, 5.74) is 2.93. The van der Waals surface area contributed by atoms with Gasteiger partial charge in [0.1, 0.15) is 0 Å². The van der Waals surface area contributed by atoms with Crippen molar-refractivity contribution >= 4 is 18.3 Å². The molecule has 19 heavy (non-hydrogen) atoms. The summed E-state index contributed by atoms with van der Waals surface area (Å²) in [5, 5.41) is 6.07. The summed E-state index contributed by atoms with van der Waals surface area (Å²) in [6.45, 7) is 6.84. The standard InChI is InChI=1S/C14H22N2O2.ClH/c1-11-4-5-13(12(2)10-11)14(17)16-7-6-15-8-9-18-3;/h4-5,10,15H,6-9H2,1-3H3,(H,16,17);1H. The molecular weight excluding hydrogens is 264 g/mol. The number of nitrogens with one attached hydrogen (secondary N) is 2. The van der Waals surface area contributed by atoms with Crippen LogP contribution < -0.4 is 10.6 Å². The number of hydrogen-bond acceptors (Lipinski definition) is 3. The average molecular weight is 287 g/mol. The number of aryl methyl sites for hydroxylation is 2. The Balaban J connectivity index is 0.00000324. The summed E-state index contributed by atoms with van der Waals surface area (Å²) in [4.78, 5) is 11.9. The Morgan fingerprint density at radius 2 is 1.95 bits per heavy atom. The fraction of sp³-hybridized carbons (Fsp3) is 0.500. The number of carbonyl (C=O) groups excluding carboxylic acids is 1. The van der Waals surface area contributed by atoms with Gasteiger partial charge in [-0.25, -0.2) is 0 Å². The normalized spacial score (nSPS) is 9.84. The summed E-state index contributed by atoms with van der Waals surface area (Å²) >= 11 is 0. The van der Waals surface area contributed by atoms with Crippen LogP contribution in [0.15, 0.2) is 18.2 Å². The average Bonchev–Trinajstić information content (AvgIpc) is 2.33. The molecule has 4 nitrogen and oxygen atoms in total. The minimum Gasteiger partial charge on any atom is -0.383 e. The lowest BCUT2D eigenvalue weighted by molar-refractivity contribution is 0.0953. The first-order chi connectivity index (χ1) is 8.65. The van der Waals surface area contributed by atoms with Crippen LogP contribution >= 0.6 is 12.4 Å². The zero-order chi connectivity index (χ0) is 13.4. The molecule has 0 bridgehead atoms. The topological polar surface area (TPSA) is 50.4 Å². The van der Waals surface area contributed by atoms with E-state index in [9.17, 15) is 4.79 Å². The molecule has 0 spiro atoms. The van der Waals surface area contributed by atoms with Crippen molar-refractivity contribution in [3.63, 3.8) is 0 Å². The number of methoxy groups -OCH3 is 1. The van der Waals surface area contributed by atoms with Crippen molar-refractivity contribution in [2.24, 2.45) is 0 Å². The molecular formula is C14H23ClN2O2. The molecule has 0 heterocycles. The van der Waals surface area contributed by atoms with E-state index in [2.05, 4.69) is 10.6 Å². The molecule has 0 aliphatic rings. The third-order valence-electron chi connectivity index (χ3n) is 2.70. The molecule has 0 fully saturated rings. The van der Waals surface area contributed by atoms with Crippen LogP contribution in [0.3, 0.4) is 0 Å². The third-order valence-corrected chi connectivity index (χ3v) is 2.70. The van der Waals surface area contributed by atoms with Crippen molar-refractivity contribution < 1.29 is 9.53 Å². The molecule has 0 aliphatic carbocycles. The number of hydrogen-bond donors (Lipinski definition) is 2. The molecule has 1 aromatic carbocycles. The molecule has 0 saturated heterocycles. The van der Waals surface area contributed by atoms with Gasteiger partial charge in [-0.15, -0.1) is 12.4 Å². The van der Waals surface area contributed by atoms with Crippen LogP contribution in [0.5, 0.6) is 0 Å². The Bertz CT molecular complexity index is 397. The number of halogens is 1. The molecule has 108 valence electrons. The minimum absolute atomic E-state index is 0. The van der Waals surface area contributed by atoms with Gasteiger partial charge in [0.15, 0.2) is 0 Å². The monoisotopic (exact) mass is 286 g/mol. The van der Waals surface area contributed by atoms with Crippen LogP contribution in [0.25, 0.3) is 0 Å². The largest absolute Gasteiger partial charge is 0.383 e. The molecule has 5 heteroatoms. The zero-order valence-electron chi connectivity index (χ0n) is 11.8. The highest BCUT2D eigenvalue weighted by molar-refractivity contribution is 5.95. The van der Waals surface area contributed by atoms with Gasteiger partial charge in [-0.1, -0.05) is 17.7 Å². The maximum Gasteiger partial charge on any atom is 0.251 e. The zero-order valence-corrected chi connectivity index (χ0v) is 12.6. The van der Waals surface area contributed by atoms with Gasteiger partial charge in [0.25, 0.3) is 5.91 Å². The first kappa shape index (κ1) is 17.9. The van der Waals surface area contributed by atoms with Gasteiger partial charge in [0.2, 0.25) is 0 Å². The summed E-state index contributed by atoms with van der Waals surface area (Å²) in [7, 11) is 1.67. The van der Waals surface area contributed by atoms with Crippen molar-refractivity contribution in [3.05, 3.63) is 34.9 Å². The number of carbonyl (C=O) groups is 1. The molecule has 0 aliphatic heterocycles. The molecule has 0 radical (unpaired) electrons. The van der Waals surface area contributed by atoms with Crippen LogP contribution in [0.4, 0.5) is 0 Å². The molecule has 0 atom stereocenters. The smallest absolute Gasteiger partial charge is 0.251 e. The lowest BCUT2D eigenvalue weighted by Crippen LogP contribution is -2.33. The van der Waals surface area contributed by atoms with E-state index in [-0.39, 0.29) is 18.3 Å². The number of amides is 1. The van der Waals surface area contributed by atoms with E-state index in [1.54, 1.807) is 7.11 Å². The second-order valence-corrected chi connectivity index (χ2v) is 4.32. The molecule has 0 aromatic heterocycles. The third kappa shape index (κ3) is 6.57. The second kappa shape index (κ2) is 9.78. The predicted molar refractivity (Wildman–Crippen MR) is 80.2 cm³/mol. The highest BCUT2D eigenvalue weighted by atomic mass is 35.5. The molecule has 1 rings (SSSR count). The fourth-order valence-electron chi connectivity index (χ4n) is 1.73. The Morgan fingerprint density at radius 3 is 2.58 bits per heavy atom. The second-order valence-electron chi connectivity index (χ2n) is 4.32. The quantitative estimate of drug-likeness (QED) is 0.750. The fourth-order valence-corrected chi connectivity index (χ4v) is 1.73. The van der Waals surface area contributed by atoms with Gasteiger partial charge in [0.05, 0.1) is 6.61 Å². The summed E-state index contributed by atoms with van der Waals surface area (Å²) < 4.78 is 4.92. The summed E-state index contributed by atoms with van der Waals surface area (Å²) in [5.74, 6) is -0.0129. The Morgan fingerprint density at radius 1 is 1.21 bits per heavy atom. The Hall–Kier alpha value is -1.10.